The summed E-state index contributed by atoms with van der Waals surface area (Å²) in [7, 11) is 0. The number of urea groups is 1. The molecule has 1 aliphatic rings. The maximum Gasteiger partial charge on any atom is 0.343 e. The first-order valence-corrected chi connectivity index (χ1v) is 12.7. The first-order valence-electron chi connectivity index (χ1n) is 11.5. The maximum absolute atomic E-state index is 13.7. The second-order valence-electron chi connectivity index (χ2n) is 8.40. The van der Waals surface area contributed by atoms with Crippen LogP contribution in [0.4, 0.5) is 16.2 Å². The molecule has 7 heteroatoms. The smallest absolute Gasteiger partial charge is 0.268 e. The third-order valence-corrected chi connectivity index (χ3v) is 6.89. The number of imide groups is 2. The number of nitrogens with zero attached hydrogens (tertiary/aromatic N) is 2. The van der Waals surface area contributed by atoms with Gasteiger partial charge in [0.25, 0.3) is 11.8 Å². The molecule has 5 rings (SSSR count). The van der Waals surface area contributed by atoms with Crippen molar-refractivity contribution >= 4 is 62.8 Å². The van der Waals surface area contributed by atoms with Gasteiger partial charge in [-0.1, -0.05) is 88.2 Å². The SMILES string of the molecule is O=C1C(=Cc2cc(Br)ccc2Cc2ccccc2Cl)C(=O)N(c2ccccc2)C(=O)N1c1ccccc1. The number of barbiturate groups is 1. The molecule has 4 aromatic rings. The fourth-order valence-electron chi connectivity index (χ4n) is 4.20. The van der Waals surface area contributed by atoms with Crippen LogP contribution in [0.25, 0.3) is 6.08 Å². The summed E-state index contributed by atoms with van der Waals surface area (Å²) in [6.45, 7) is 0. The molecule has 1 aliphatic heterocycles. The number of amides is 4. The minimum absolute atomic E-state index is 0.120. The Labute approximate surface area is 227 Å². The third-order valence-electron chi connectivity index (χ3n) is 6.02. The molecule has 0 atom stereocenters. The Balaban J connectivity index is 1.65. The summed E-state index contributed by atoms with van der Waals surface area (Å²) in [6.07, 6.45) is 2.05. The van der Waals surface area contributed by atoms with Crippen molar-refractivity contribution in [2.24, 2.45) is 0 Å². The van der Waals surface area contributed by atoms with E-state index in [4.69, 9.17) is 11.6 Å². The normalized spacial score (nSPS) is 13.8. The van der Waals surface area contributed by atoms with Gasteiger partial charge in [-0.25, -0.2) is 14.6 Å². The number of anilines is 2. The summed E-state index contributed by atoms with van der Waals surface area (Å²) in [5.74, 6) is -1.37. The Kier molecular flexibility index (Phi) is 7.04. The van der Waals surface area contributed by atoms with Crippen molar-refractivity contribution in [3.05, 3.63) is 135 Å². The van der Waals surface area contributed by atoms with Crippen LogP contribution >= 0.6 is 27.5 Å². The lowest BCUT2D eigenvalue weighted by Gasteiger charge is -2.34. The molecular formula is C30H20BrClN2O3. The van der Waals surface area contributed by atoms with Gasteiger partial charge in [0, 0.05) is 9.50 Å². The molecule has 0 saturated carbocycles. The van der Waals surface area contributed by atoms with E-state index in [9.17, 15) is 14.4 Å². The number of rotatable bonds is 5. The van der Waals surface area contributed by atoms with E-state index in [1.165, 1.54) is 0 Å². The van der Waals surface area contributed by atoms with E-state index in [1.807, 2.05) is 42.5 Å². The zero-order valence-corrected chi connectivity index (χ0v) is 21.8. The number of carbonyl (C=O) groups excluding carboxylic acids is 3. The minimum Gasteiger partial charge on any atom is -0.268 e. The van der Waals surface area contributed by atoms with Crippen LogP contribution < -0.4 is 9.80 Å². The quantitative estimate of drug-likeness (QED) is 0.187. The standard InChI is InChI=1S/C30H20BrClN2O3/c31-23-16-15-20(17-21-9-7-8-14-27(21)32)22(18-23)19-26-28(35)33(24-10-3-1-4-11-24)30(37)34(29(26)36)25-12-5-2-6-13-25/h1-16,18-19H,17H2. The molecule has 0 bridgehead atoms. The molecule has 1 fully saturated rings. The number of benzene rings is 4. The summed E-state index contributed by atoms with van der Waals surface area (Å²) < 4.78 is 0.786. The van der Waals surface area contributed by atoms with Crippen LogP contribution in [-0.2, 0) is 16.0 Å². The van der Waals surface area contributed by atoms with Crippen molar-refractivity contribution in [1.29, 1.82) is 0 Å². The van der Waals surface area contributed by atoms with Crippen molar-refractivity contribution in [2.45, 2.75) is 6.42 Å². The van der Waals surface area contributed by atoms with Gasteiger partial charge in [0.15, 0.2) is 0 Å². The van der Waals surface area contributed by atoms with Crippen LogP contribution in [-0.4, -0.2) is 17.8 Å². The number of halogens is 2. The topological polar surface area (TPSA) is 57.7 Å². The van der Waals surface area contributed by atoms with Gasteiger partial charge in [-0.3, -0.25) is 9.59 Å². The molecular weight excluding hydrogens is 552 g/mol. The van der Waals surface area contributed by atoms with E-state index in [2.05, 4.69) is 15.9 Å². The van der Waals surface area contributed by atoms with Gasteiger partial charge in [-0.2, -0.15) is 0 Å². The highest BCUT2D eigenvalue weighted by Crippen LogP contribution is 2.31. The van der Waals surface area contributed by atoms with Gasteiger partial charge in [-0.05, 0) is 71.7 Å². The molecule has 37 heavy (non-hydrogen) atoms. The van der Waals surface area contributed by atoms with Crippen LogP contribution in [0.3, 0.4) is 0 Å². The summed E-state index contributed by atoms with van der Waals surface area (Å²) in [5.41, 5.74) is 3.09. The van der Waals surface area contributed by atoms with Gasteiger partial charge in [0.05, 0.1) is 11.4 Å². The van der Waals surface area contributed by atoms with Gasteiger partial charge in [0.2, 0.25) is 0 Å². The van der Waals surface area contributed by atoms with E-state index in [1.54, 1.807) is 66.7 Å². The van der Waals surface area contributed by atoms with E-state index in [0.717, 1.165) is 25.4 Å². The Morgan fingerprint density at radius 1 is 0.676 bits per heavy atom. The zero-order chi connectivity index (χ0) is 25.9. The number of hydrogen-bond acceptors (Lipinski definition) is 3. The van der Waals surface area contributed by atoms with Crippen molar-refractivity contribution in [3.8, 4) is 0 Å². The van der Waals surface area contributed by atoms with Crippen molar-refractivity contribution in [3.63, 3.8) is 0 Å². The molecule has 5 nitrogen and oxygen atoms in total. The largest absolute Gasteiger partial charge is 0.343 e. The van der Waals surface area contributed by atoms with E-state index in [0.29, 0.717) is 28.4 Å². The molecule has 4 aromatic carbocycles. The lowest BCUT2D eigenvalue weighted by molar-refractivity contribution is -0.121. The highest BCUT2D eigenvalue weighted by atomic mass is 79.9. The van der Waals surface area contributed by atoms with Crippen LogP contribution in [0.5, 0.6) is 0 Å². The summed E-state index contributed by atoms with van der Waals surface area (Å²) in [4.78, 5) is 43.0. The monoisotopic (exact) mass is 570 g/mol. The van der Waals surface area contributed by atoms with Crippen molar-refractivity contribution < 1.29 is 14.4 Å². The average molecular weight is 572 g/mol. The molecule has 1 heterocycles. The molecule has 0 spiro atoms. The predicted molar refractivity (Wildman–Crippen MR) is 150 cm³/mol. The average Bonchev–Trinajstić information content (AvgIpc) is 2.90. The highest BCUT2D eigenvalue weighted by molar-refractivity contribution is 9.10. The molecule has 4 amide bonds. The van der Waals surface area contributed by atoms with Crippen molar-refractivity contribution in [2.75, 3.05) is 9.80 Å². The van der Waals surface area contributed by atoms with Gasteiger partial charge >= 0.3 is 6.03 Å². The zero-order valence-electron chi connectivity index (χ0n) is 19.5. The molecule has 0 aromatic heterocycles. The molecule has 1 saturated heterocycles. The van der Waals surface area contributed by atoms with E-state index < -0.39 is 17.8 Å². The molecule has 0 unspecified atom stereocenters. The summed E-state index contributed by atoms with van der Waals surface area (Å²) in [5, 5.41) is 0.630. The molecule has 0 radical (unpaired) electrons. The van der Waals surface area contributed by atoms with E-state index in [-0.39, 0.29) is 5.57 Å². The first-order chi connectivity index (χ1) is 17.9. The summed E-state index contributed by atoms with van der Waals surface area (Å²) >= 11 is 9.90. The van der Waals surface area contributed by atoms with Gasteiger partial charge in [0.1, 0.15) is 5.57 Å². The van der Waals surface area contributed by atoms with Gasteiger partial charge in [-0.15, -0.1) is 0 Å². The highest BCUT2D eigenvalue weighted by Gasteiger charge is 2.43. The number of hydrogen-bond donors (Lipinski definition) is 0. The Morgan fingerprint density at radius 2 is 1.22 bits per heavy atom. The minimum atomic E-state index is -0.727. The lowest BCUT2D eigenvalue weighted by atomic mass is 9.97. The Hall–Kier alpha value is -4.00. The molecule has 0 N–H and O–H groups in total. The second-order valence-corrected chi connectivity index (χ2v) is 9.73. The number of para-hydroxylation sites is 2. The van der Waals surface area contributed by atoms with Crippen LogP contribution in [0.2, 0.25) is 5.02 Å². The molecule has 182 valence electrons. The van der Waals surface area contributed by atoms with Crippen molar-refractivity contribution in [1.82, 2.24) is 0 Å². The van der Waals surface area contributed by atoms with E-state index >= 15 is 0 Å². The van der Waals surface area contributed by atoms with Crippen LogP contribution in [0, 0.1) is 0 Å². The lowest BCUT2D eigenvalue weighted by Crippen LogP contribution is -2.57. The Bertz CT molecular complexity index is 1470. The second kappa shape index (κ2) is 10.5. The molecule has 0 aliphatic carbocycles. The Morgan fingerprint density at radius 3 is 1.78 bits per heavy atom. The van der Waals surface area contributed by atoms with Crippen LogP contribution in [0.15, 0.2) is 113 Å². The fourth-order valence-corrected chi connectivity index (χ4v) is 4.78. The fraction of sp³-hybridized carbons (Fsp3) is 0.0333. The summed E-state index contributed by atoms with van der Waals surface area (Å²) in [6, 6.07) is 29.6. The third kappa shape index (κ3) is 4.99. The number of carbonyl (C=O) groups is 3. The maximum atomic E-state index is 13.7. The first kappa shape index (κ1) is 24.7. The van der Waals surface area contributed by atoms with Gasteiger partial charge < -0.3 is 0 Å². The van der Waals surface area contributed by atoms with Crippen LogP contribution in [0.1, 0.15) is 16.7 Å². The predicted octanol–water partition coefficient (Wildman–Crippen LogP) is 7.28.